The van der Waals surface area contributed by atoms with Crippen LogP contribution in [0, 0.1) is 6.92 Å². The van der Waals surface area contributed by atoms with Gasteiger partial charge in [-0.1, -0.05) is 5.16 Å². The number of carbonyl (C=O) groups excluding carboxylic acids is 1. The van der Waals surface area contributed by atoms with E-state index in [-0.39, 0.29) is 5.91 Å². The number of hydrogen-bond donors (Lipinski definition) is 2. The lowest BCUT2D eigenvalue weighted by molar-refractivity contribution is -0.116. The number of nitrogens with zero attached hydrogens (tertiary/aromatic N) is 1. The molecule has 0 spiro atoms. The summed E-state index contributed by atoms with van der Waals surface area (Å²) in [5.74, 6) is 1.78. The van der Waals surface area contributed by atoms with Crippen LogP contribution in [0.15, 0.2) is 34.9 Å². The molecule has 0 radical (unpaired) electrons. The van der Waals surface area contributed by atoms with Crippen molar-refractivity contribution in [2.45, 2.75) is 51.7 Å². The molecule has 1 aromatic carbocycles. The fraction of sp³-hybridized carbons (Fsp3) is 0.444. The second kappa shape index (κ2) is 7.38. The highest BCUT2D eigenvalue weighted by Crippen LogP contribution is 2.25. The van der Waals surface area contributed by atoms with E-state index in [0.29, 0.717) is 17.7 Å². The van der Waals surface area contributed by atoms with E-state index >= 15 is 0 Å². The lowest BCUT2D eigenvalue weighted by Crippen LogP contribution is -2.31. The van der Waals surface area contributed by atoms with Gasteiger partial charge in [0.1, 0.15) is 17.6 Å². The molecule has 1 fully saturated rings. The molecular formula is C18H23N3O3. The number of benzene rings is 1. The van der Waals surface area contributed by atoms with Gasteiger partial charge in [-0.3, -0.25) is 4.79 Å². The quantitative estimate of drug-likeness (QED) is 0.844. The van der Waals surface area contributed by atoms with Gasteiger partial charge in [0.2, 0.25) is 5.91 Å². The summed E-state index contributed by atoms with van der Waals surface area (Å²) < 4.78 is 10.9. The van der Waals surface area contributed by atoms with Crippen LogP contribution in [-0.2, 0) is 4.79 Å². The minimum atomic E-state index is -0.399. The minimum absolute atomic E-state index is 0.172. The summed E-state index contributed by atoms with van der Waals surface area (Å²) in [5, 5.41) is 9.63. The van der Waals surface area contributed by atoms with Gasteiger partial charge in [-0.05, 0) is 63.8 Å². The van der Waals surface area contributed by atoms with Crippen LogP contribution in [0.4, 0.5) is 11.5 Å². The van der Waals surface area contributed by atoms with Crippen LogP contribution >= 0.6 is 0 Å². The molecule has 1 unspecified atom stereocenters. The van der Waals surface area contributed by atoms with Crippen molar-refractivity contribution in [3.8, 4) is 5.75 Å². The number of nitrogens with one attached hydrogen (secondary N) is 2. The van der Waals surface area contributed by atoms with Crippen molar-refractivity contribution in [1.29, 1.82) is 0 Å². The summed E-state index contributed by atoms with van der Waals surface area (Å²) in [6.07, 6.45) is 5.13. The molecule has 6 heteroatoms. The molecule has 1 atom stereocenters. The number of rotatable bonds is 6. The lowest BCUT2D eigenvalue weighted by Gasteiger charge is -2.16. The standard InChI is InChI=1S/C18H23N3O3/c1-12-11-17(21-24-12)20-18(22)13(2)19-14-7-9-16(10-8-14)23-15-5-3-4-6-15/h7-11,13,15,19H,3-6H2,1-2H3,(H,20,21,22). The average molecular weight is 329 g/mol. The third kappa shape index (κ3) is 4.28. The van der Waals surface area contributed by atoms with Crippen molar-refractivity contribution in [2.75, 3.05) is 10.6 Å². The van der Waals surface area contributed by atoms with Gasteiger partial charge >= 0.3 is 0 Å². The van der Waals surface area contributed by atoms with E-state index in [1.165, 1.54) is 12.8 Å². The van der Waals surface area contributed by atoms with Crippen LogP contribution in [0.25, 0.3) is 0 Å². The highest BCUT2D eigenvalue weighted by atomic mass is 16.5. The molecule has 1 aliphatic rings. The first-order chi connectivity index (χ1) is 11.6. The predicted molar refractivity (Wildman–Crippen MR) is 92.3 cm³/mol. The zero-order valence-corrected chi connectivity index (χ0v) is 14.0. The number of anilines is 2. The Bertz CT molecular complexity index is 675. The molecule has 1 aromatic heterocycles. The first kappa shape index (κ1) is 16.4. The van der Waals surface area contributed by atoms with E-state index in [2.05, 4.69) is 15.8 Å². The first-order valence-corrected chi connectivity index (χ1v) is 8.37. The average Bonchev–Trinajstić information content (AvgIpc) is 3.21. The number of ether oxygens (including phenoxy) is 1. The van der Waals surface area contributed by atoms with Crippen molar-refractivity contribution in [3.05, 3.63) is 36.1 Å². The van der Waals surface area contributed by atoms with Crippen LogP contribution in [0.1, 0.15) is 38.4 Å². The molecule has 0 bridgehead atoms. The summed E-state index contributed by atoms with van der Waals surface area (Å²) in [6, 6.07) is 9.00. The summed E-state index contributed by atoms with van der Waals surface area (Å²) in [5.41, 5.74) is 0.868. The molecule has 0 aliphatic heterocycles. The van der Waals surface area contributed by atoms with E-state index < -0.39 is 6.04 Å². The van der Waals surface area contributed by atoms with Gasteiger partial charge in [-0.25, -0.2) is 0 Å². The van der Waals surface area contributed by atoms with Crippen LogP contribution in [-0.4, -0.2) is 23.2 Å². The van der Waals surface area contributed by atoms with Gasteiger partial charge in [0.25, 0.3) is 0 Å². The van der Waals surface area contributed by atoms with Crippen molar-refractivity contribution in [1.82, 2.24) is 5.16 Å². The van der Waals surface area contributed by atoms with Crippen LogP contribution in [0.3, 0.4) is 0 Å². The molecule has 1 saturated carbocycles. The summed E-state index contributed by atoms with van der Waals surface area (Å²) in [7, 11) is 0. The largest absolute Gasteiger partial charge is 0.490 e. The Morgan fingerprint density at radius 2 is 2.00 bits per heavy atom. The first-order valence-electron chi connectivity index (χ1n) is 8.37. The Balaban J connectivity index is 1.51. The maximum absolute atomic E-state index is 12.1. The second-order valence-electron chi connectivity index (χ2n) is 6.23. The molecule has 2 N–H and O–H groups in total. The van der Waals surface area contributed by atoms with Gasteiger partial charge in [0.15, 0.2) is 5.82 Å². The van der Waals surface area contributed by atoms with Crippen LogP contribution < -0.4 is 15.4 Å². The van der Waals surface area contributed by atoms with Crippen molar-refractivity contribution < 1.29 is 14.1 Å². The Kier molecular flexibility index (Phi) is 5.03. The predicted octanol–water partition coefficient (Wildman–Crippen LogP) is 3.74. The molecule has 24 heavy (non-hydrogen) atoms. The number of carbonyl (C=O) groups is 1. The van der Waals surface area contributed by atoms with Gasteiger partial charge in [0, 0.05) is 11.8 Å². The zero-order valence-electron chi connectivity index (χ0n) is 14.0. The molecule has 1 amide bonds. The van der Waals surface area contributed by atoms with Crippen LogP contribution in [0.2, 0.25) is 0 Å². The van der Waals surface area contributed by atoms with E-state index in [9.17, 15) is 4.79 Å². The summed E-state index contributed by atoms with van der Waals surface area (Å²) >= 11 is 0. The monoisotopic (exact) mass is 329 g/mol. The van der Waals surface area contributed by atoms with Gasteiger partial charge in [0.05, 0.1) is 6.10 Å². The molecule has 0 saturated heterocycles. The van der Waals surface area contributed by atoms with Crippen molar-refractivity contribution in [3.63, 3.8) is 0 Å². The fourth-order valence-electron chi connectivity index (χ4n) is 2.80. The summed E-state index contributed by atoms with van der Waals surface area (Å²) in [4.78, 5) is 12.1. The third-order valence-corrected chi connectivity index (χ3v) is 4.11. The van der Waals surface area contributed by atoms with E-state index in [1.807, 2.05) is 24.3 Å². The molecule has 128 valence electrons. The Morgan fingerprint density at radius 3 is 2.62 bits per heavy atom. The summed E-state index contributed by atoms with van der Waals surface area (Å²) in [6.45, 7) is 3.57. The molecule has 6 nitrogen and oxygen atoms in total. The minimum Gasteiger partial charge on any atom is -0.490 e. The number of aryl methyl sites for hydroxylation is 1. The Hall–Kier alpha value is -2.50. The molecular weight excluding hydrogens is 306 g/mol. The van der Waals surface area contributed by atoms with E-state index in [0.717, 1.165) is 24.3 Å². The van der Waals surface area contributed by atoms with Crippen LogP contribution in [0.5, 0.6) is 5.75 Å². The maximum Gasteiger partial charge on any atom is 0.247 e. The molecule has 3 rings (SSSR count). The normalized spacial score (nSPS) is 15.9. The maximum atomic E-state index is 12.1. The smallest absolute Gasteiger partial charge is 0.247 e. The Morgan fingerprint density at radius 1 is 1.29 bits per heavy atom. The van der Waals surface area contributed by atoms with Crippen molar-refractivity contribution in [2.24, 2.45) is 0 Å². The van der Waals surface area contributed by atoms with Gasteiger partial charge in [-0.15, -0.1) is 0 Å². The molecule has 1 heterocycles. The second-order valence-corrected chi connectivity index (χ2v) is 6.23. The highest BCUT2D eigenvalue weighted by molar-refractivity contribution is 5.95. The third-order valence-electron chi connectivity index (χ3n) is 4.11. The highest BCUT2D eigenvalue weighted by Gasteiger charge is 2.17. The number of hydrogen-bond acceptors (Lipinski definition) is 5. The van der Waals surface area contributed by atoms with E-state index in [4.69, 9.17) is 9.26 Å². The topological polar surface area (TPSA) is 76.4 Å². The number of amides is 1. The fourth-order valence-corrected chi connectivity index (χ4v) is 2.80. The molecule has 1 aliphatic carbocycles. The van der Waals surface area contributed by atoms with Gasteiger partial charge < -0.3 is 19.9 Å². The van der Waals surface area contributed by atoms with Crippen molar-refractivity contribution >= 4 is 17.4 Å². The lowest BCUT2D eigenvalue weighted by atomic mass is 10.2. The van der Waals surface area contributed by atoms with Gasteiger partial charge in [-0.2, -0.15) is 0 Å². The number of aromatic nitrogens is 1. The SMILES string of the molecule is Cc1cc(NC(=O)C(C)Nc2ccc(OC3CCCC3)cc2)no1. The van der Waals surface area contributed by atoms with E-state index in [1.54, 1.807) is 19.9 Å². The molecule has 2 aromatic rings. The zero-order chi connectivity index (χ0) is 16.9. The Labute approximate surface area is 141 Å².